The molecule has 0 spiro atoms. The zero-order valence-corrected chi connectivity index (χ0v) is 14.2. The van der Waals surface area contributed by atoms with Gasteiger partial charge in [0.25, 0.3) is 0 Å². The number of aromatic nitrogens is 4. The Hall–Kier alpha value is -1.15. The van der Waals surface area contributed by atoms with Crippen molar-refractivity contribution in [3.05, 3.63) is 40.7 Å². The van der Waals surface area contributed by atoms with E-state index >= 15 is 0 Å². The molecule has 0 amide bonds. The van der Waals surface area contributed by atoms with Crippen molar-refractivity contribution in [3.8, 4) is 0 Å². The lowest BCUT2D eigenvalue weighted by atomic mass is 10.2. The van der Waals surface area contributed by atoms with E-state index in [1.165, 1.54) is 6.42 Å². The van der Waals surface area contributed by atoms with Crippen molar-refractivity contribution in [1.82, 2.24) is 19.8 Å². The molecule has 0 saturated carbocycles. The average molecular weight is 353 g/mol. The predicted octanol–water partition coefficient (Wildman–Crippen LogP) is 2.53. The summed E-state index contributed by atoms with van der Waals surface area (Å²) in [5.41, 5.74) is 1.13. The second-order valence-electron chi connectivity index (χ2n) is 5.27. The molecule has 1 atom stereocenters. The number of rotatable bonds is 4. The predicted molar refractivity (Wildman–Crippen MR) is 88.4 cm³/mol. The highest BCUT2D eigenvalue weighted by molar-refractivity contribution is 8.00. The molecule has 3 aromatic rings. The molecule has 1 saturated heterocycles. The van der Waals surface area contributed by atoms with Gasteiger partial charge in [-0.2, -0.15) is 4.52 Å². The minimum atomic E-state index is 0.401. The van der Waals surface area contributed by atoms with Gasteiger partial charge >= 0.3 is 0 Å². The molecule has 0 radical (unpaired) electrons. The summed E-state index contributed by atoms with van der Waals surface area (Å²) in [6, 6.07) is 8.33. The molecule has 1 aliphatic rings. The summed E-state index contributed by atoms with van der Waals surface area (Å²) in [4.78, 5) is 0.872. The maximum absolute atomic E-state index is 6.20. The van der Waals surface area contributed by atoms with Gasteiger partial charge in [0, 0.05) is 23.6 Å². The van der Waals surface area contributed by atoms with E-state index in [1.54, 1.807) is 23.1 Å². The first-order valence-electron chi connectivity index (χ1n) is 7.23. The van der Waals surface area contributed by atoms with Gasteiger partial charge in [0.15, 0.2) is 4.34 Å². The van der Waals surface area contributed by atoms with Gasteiger partial charge in [-0.25, -0.2) is 0 Å². The summed E-state index contributed by atoms with van der Waals surface area (Å²) in [6.07, 6.45) is 2.39. The first kappa shape index (κ1) is 14.4. The number of quaternary nitrogens is 1. The summed E-state index contributed by atoms with van der Waals surface area (Å²) in [7, 11) is 0. The summed E-state index contributed by atoms with van der Waals surface area (Å²) >= 11 is 9.48. The van der Waals surface area contributed by atoms with Crippen LogP contribution in [0.3, 0.4) is 0 Å². The molecule has 1 fully saturated rings. The van der Waals surface area contributed by atoms with Gasteiger partial charge in [-0.1, -0.05) is 52.9 Å². The van der Waals surface area contributed by atoms with Crippen molar-refractivity contribution in [2.45, 2.75) is 29.0 Å². The molecular formula is C14H15ClN5S2+. The Kier molecular flexibility index (Phi) is 4.04. The van der Waals surface area contributed by atoms with E-state index in [-0.39, 0.29) is 0 Å². The summed E-state index contributed by atoms with van der Waals surface area (Å²) in [5.74, 6) is 1.79. The fourth-order valence-electron chi connectivity index (χ4n) is 2.67. The molecule has 114 valence electrons. The van der Waals surface area contributed by atoms with Crippen molar-refractivity contribution >= 4 is 39.7 Å². The monoisotopic (exact) mass is 352 g/mol. The minimum absolute atomic E-state index is 0.401. The van der Waals surface area contributed by atoms with Gasteiger partial charge in [0.1, 0.15) is 6.04 Å². The number of hydrogen-bond donors (Lipinski definition) is 1. The van der Waals surface area contributed by atoms with Gasteiger partial charge in [-0.3, -0.25) is 0 Å². The highest BCUT2D eigenvalue weighted by Gasteiger charge is 2.27. The topological polar surface area (TPSA) is 59.7 Å². The molecule has 4 rings (SSSR count). The second kappa shape index (κ2) is 6.16. The fraction of sp³-hybridized carbons (Fsp3) is 0.357. The summed E-state index contributed by atoms with van der Waals surface area (Å²) < 4.78 is 2.91. The van der Waals surface area contributed by atoms with Crippen LogP contribution in [0.1, 0.15) is 30.3 Å². The van der Waals surface area contributed by atoms with Gasteiger partial charge in [0.05, 0.1) is 6.54 Å². The van der Waals surface area contributed by atoms with Gasteiger partial charge in [0.2, 0.25) is 10.8 Å². The smallest absolute Gasteiger partial charge is 0.235 e. The SMILES string of the molecule is Clc1ccccc1CSc1nn2c([C@H]3CCC[NH2+]3)nnc2s1. The fourth-order valence-corrected chi connectivity index (χ4v) is 4.84. The van der Waals surface area contributed by atoms with Crippen LogP contribution in [0.25, 0.3) is 4.96 Å². The van der Waals surface area contributed by atoms with E-state index in [0.717, 1.165) is 44.4 Å². The van der Waals surface area contributed by atoms with Crippen LogP contribution in [0.5, 0.6) is 0 Å². The lowest BCUT2D eigenvalue weighted by molar-refractivity contribution is -0.677. The van der Waals surface area contributed by atoms with E-state index in [1.807, 2.05) is 22.7 Å². The number of thioether (sulfide) groups is 1. The van der Waals surface area contributed by atoms with E-state index in [4.69, 9.17) is 11.6 Å². The van der Waals surface area contributed by atoms with E-state index in [2.05, 4.69) is 26.7 Å². The van der Waals surface area contributed by atoms with Gasteiger partial charge in [-0.15, -0.1) is 15.3 Å². The number of hydrogen-bond acceptors (Lipinski definition) is 5. The van der Waals surface area contributed by atoms with Gasteiger partial charge < -0.3 is 5.32 Å². The third-order valence-electron chi connectivity index (χ3n) is 3.81. The largest absolute Gasteiger partial charge is 0.337 e. The summed E-state index contributed by atoms with van der Waals surface area (Å²) in [5, 5.41) is 16.4. The van der Waals surface area contributed by atoms with Crippen LogP contribution in [0.2, 0.25) is 5.02 Å². The Morgan fingerprint density at radius 1 is 1.36 bits per heavy atom. The lowest BCUT2D eigenvalue weighted by Crippen LogP contribution is -2.82. The molecule has 2 aromatic heterocycles. The Labute approximate surface area is 141 Å². The molecule has 0 aliphatic carbocycles. The third kappa shape index (κ3) is 2.74. The first-order chi connectivity index (χ1) is 10.8. The van der Waals surface area contributed by atoms with Crippen molar-refractivity contribution in [2.24, 2.45) is 0 Å². The van der Waals surface area contributed by atoms with Crippen LogP contribution < -0.4 is 5.32 Å². The minimum Gasteiger partial charge on any atom is -0.337 e. The second-order valence-corrected chi connectivity index (χ2v) is 7.86. The maximum atomic E-state index is 6.20. The molecule has 22 heavy (non-hydrogen) atoms. The van der Waals surface area contributed by atoms with Crippen LogP contribution in [0, 0.1) is 0 Å². The molecule has 1 aliphatic heterocycles. The number of nitrogens with two attached hydrogens (primary N) is 1. The van der Waals surface area contributed by atoms with Crippen LogP contribution in [0.15, 0.2) is 28.6 Å². The number of nitrogens with zero attached hydrogens (tertiary/aromatic N) is 4. The number of halogens is 1. The highest BCUT2D eigenvalue weighted by atomic mass is 35.5. The highest BCUT2D eigenvalue weighted by Crippen LogP contribution is 2.30. The molecule has 1 aromatic carbocycles. The Morgan fingerprint density at radius 2 is 2.27 bits per heavy atom. The molecule has 0 unspecified atom stereocenters. The molecule has 8 heteroatoms. The third-order valence-corrected chi connectivity index (χ3v) is 6.26. The standard InChI is InChI=1S/C14H14ClN5S2/c15-10-5-2-1-4-9(10)8-21-14-19-20-12(11-6-3-7-16-11)17-18-13(20)22-14/h1-2,4-5,11,16H,3,6-8H2/p+1/t11-/m1/s1. The van der Waals surface area contributed by atoms with E-state index in [9.17, 15) is 0 Å². The van der Waals surface area contributed by atoms with E-state index in [0.29, 0.717) is 6.04 Å². The average Bonchev–Trinajstić information content (AvgIpc) is 3.22. The molecule has 3 heterocycles. The first-order valence-corrected chi connectivity index (χ1v) is 9.41. The van der Waals surface area contributed by atoms with Crippen LogP contribution in [-0.2, 0) is 5.75 Å². The quantitative estimate of drug-likeness (QED) is 0.733. The number of fused-ring (bicyclic) bond motifs is 1. The molecule has 0 bridgehead atoms. The van der Waals surface area contributed by atoms with Crippen molar-refractivity contribution in [1.29, 1.82) is 0 Å². The van der Waals surface area contributed by atoms with Crippen molar-refractivity contribution < 1.29 is 5.32 Å². The normalized spacial score (nSPS) is 18.3. The zero-order chi connectivity index (χ0) is 14.9. The van der Waals surface area contributed by atoms with Crippen LogP contribution in [0.4, 0.5) is 0 Å². The lowest BCUT2D eigenvalue weighted by Gasteiger charge is -2.02. The van der Waals surface area contributed by atoms with Crippen LogP contribution >= 0.6 is 34.7 Å². The van der Waals surface area contributed by atoms with Crippen molar-refractivity contribution in [2.75, 3.05) is 6.54 Å². The molecular weight excluding hydrogens is 338 g/mol. The Bertz CT molecular complexity index is 793. The maximum Gasteiger partial charge on any atom is 0.235 e. The Morgan fingerprint density at radius 3 is 3.09 bits per heavy atom. The zero-order valence-electron chi connectivity index (χ0n) is 11.8. The van der Waals surface area contributed by atoms with Gasteiger partial charge in [-0.05, 0) is 11.6 Å². The molecule has 5 nitrogen and oxygen atoms in total. The summed E-state index contributed by atoms with van der Waals surface area (Å²) in [6.45, 7) is 1.16. The Balaban J connectivity index is 1.54. The van der Waals surface area contributed by atoms with Crippen LogP contribution in [-0.4, -0.2) is 26.4 Å². The van der Waals surface area contributed by atoms with E-state index < -0.39 is 0 Å². The number of benzene rings is 1. The van der Waals surface area contributed by atoms with Crippen molar-refractivity contribution in [3.63, 3.8) is 0 Å². The molecule has 2 N–H and O–H groups in total.